The van der Waals surface area contributed by atoms with Crippen molar-refractivity contribution >= 4 is 29.0 Å². The highest BCUT2D eigenvalue weighted by Gasteiger charge is 2.41. The molecule has 1 aromatic heterocycles. The number of allylic oxidation sites excluding steroid dienone is 2. The third kappa shape index (κ3) is 3.22. The first-order chi connectivity index (χ1) is 12.0. The molecule has 0 spiro atoms. The summed E-state index contributed by atoms with van der Waals surface area (Å²) in [5, 5.41) is 8.07. The van der Waals surface area contributed by atoms with Crippen molar-refractivity contribution < 1.29 is 0 Å². The van der Waals surface area contributed by atoms with E-state index in [4.69, 9.17) is 15.1 Å². The molecular formula is C20H28N4S. The number of hydrazone groups is 1. The maximum absolute atomic E-state index is 5.03. The van der Waals surface area contributed by atoms with Gasteiger partial charge in [-0.2, -0.15) is 5.10 Å². The van der Waals surface area contributed by atoms with Crippen LogP contribution in [0.2, 0.25) is 0 Å². The highest BCUT2D eigenvalue weighted by atomic mass is 32.1. The SMILES string of the molecule is C/C=C/c1nc(C)c(C2C(C)N=C3C(C(CC)CC)=CC(C)=NN32)s1. The van der Waals surface area contributed by atoms with Gasteiger partial charge in [-0.15, -0.1) is 11.3 Å². The van der Waals surface area contributed by atoms with Crippen LogP contribution in [0.3, 0.4) is 0 Å². The van der Waals surface area contributed by atoms with Crippen molar-refractivity contribution in [3.8, 4) is 0 Å². The smallest absolute Gasteiger partial charge is 0.148 e. The number of hydrogen-bond acceptors (Lipinski definition) is 5. The summed E-state index contributed by atoms with van der Waals surface area (Å²) in [4.78, 5) is 11.0. The Morgan fingerprint density at radius 2 is 2.00 bits per heavy atom. The van der Waals surface area contributed by atoms with Crippen LogP contribution in [0.1, 0.15) is 69.1 Å². The first-order valence-electron chi connectivity index (χ1n) is 9.24. The van der Waals surface area contributed by atoms with Gasteiger partial charge in [-0.1, -0.05) is 19.9 Å². The van der Waals surface area contributed by atoms with Gasteiger partial charge in [0.25, 0.3) is 0 Å². The lowest BCUT2D eigenvalue weighted by atomic mass is 9.91. The van der Waals surface area contributed by atoms with Gasteiger partial charge in [0.2, 0.25) is 0 Å². The van der Waals surface area contributed by atoms with Crippen LogP contribution in [0.25, 0.3) is 6.08 Å². The molecule has 0 bridgehead atoms. The van der Waals surface area contributed by atoms with Crippen molar-refractivity contribution in [2.45, 2.75) is 66.5 Å². The quantitative estimate of drug-likeness (QED) is 0.710. The van der Waals surface area contributed by atoms with Crippen LogP contribution in [0.15, 0.2) is 27.8 Å². The van der Waals surface area contributed by atoms with Gasteiger partial charge < -0.3 is 0 Å². The summed E-state index contributed by atoms with van der Waals surface area (Å²) in [6.07, 6.45) is 8.61. The van der Waals surface area contributed by atoms with E-state index in [-0.39, 0.29) is 12.1 Å². The average Bonchev–Trinajstić information content (AvgIpc) is 3.08. The predicted octanol–water partition coefficient (Wildman–Crippen LogP) is 5.38. The maximum Gasteiger partial charge on any atom is 0.148 e. The number of nitrogens with zero attached hydrogens (tertiary/aromatic N) is 4. The van der Waals surface area contributed by atoms with Crippen LogP contribution in [-0.2, 0) is 0 Å². The molecule has 5 heteroatoms. The molecule has 2 aliphatic heterocycles. The van der Waals surface area contributed by atoms with Gasteiger partial charge in [-0.3, -0.25) is 4.99 Å². The third-order valence-electron chi connectivity index (χ3n) is 5.00. The lowest BCUT2D eigenvalue weighted by Crippen LogP contribution is -2.34. The normalized spacial score (nSPS) is 23.2. The number of amidine groups is 1. The second-order valence-electron chi connectivity index (χ2n) is 6.84. The summed E-state index contributed by atoms with van der Waals surface area (Å²) >= 11 is 1.76. The van der Waals surface area contributed by atoms with E-state index in [1.165, 1.54) is 10.5 Å². The van der Waals surface area contributed by atoms with Crippen LogP contribution < -0.4 is 0 Å². The number of thiazole rings is 1. The minimum absolute atomic E-state index is 0.152. The molecule has 0 N–H and O–H groups in total. The first-order valence-corrected chi connectivity index (χ1v) is 10.1. The molecule has 3 heterocycles. The molecule has 1 aromatic rings. The second-order valence-corrected chi connectivity index (χ2v) is 7.90. The van der Waals surface area contributed by atoms with Gasteiger partial charge in [-0.25, -0.2) is 9.99 Å². The Morgan fingerprint density at radius 3 is 2.64 bits per heavy atom. The van der Waals surface area contributed by atoms with Crippen molar-refractivity contribution in [1.29, 1.82) is 0 Å². The van der Waals surface area contributed by atoms with E-state index < -0.39 is 0 Å². The highest BCUT2D eigenvalue weighted by Crippen LogP contribution is 2.41. The summed E-state index contributed by atoms with van der Waals surface area (Å²) < 4.78 is 0. The molecule has 2 atom stereocenters. The average molecular weight is 357 g/mol. The molecule has 3 rings (SSSR count). The summed E-state index contributed by atoms with van der Waals surface area (Å²) in [6.45, 7) is 12.9. The van der Waals surface area contributed by atoms with Crippen molar-refractivity contribution in [2.24, 2.45) is 16.0 Å². The van der Waals surface area contributed by atoms with Gasteiger partial charge in [0, 0.05) is 5.57 Å². The van der Waals surface area contributed by atoms with E-state index in [1.807, 2.05) is 13.0 Å². The van der Waals surface area contributed by atoms with Gasteiger partial charge in [-0.05, 0) is 58.6 Å². The first kappa shape index (κ1) is 18.1. The molecule has 0 aromatic carbocycles. The Hall–Kier alpha value is -1.75. The predicted molar refractivity (Wildman–Crippen MR) is 108 cm³/mol. The second kappa shape index (κ2) is 7.24. The zero-order chi connectivity index (χ0) is 18.1. The molecule has 2 unspecified atom stereocenters. The van der Waals surface area contributed by atoms with Crippen LogP contribution in [0, 0.1) is 12.8 Å². The molecule has 0 aliphatic carbocycles. The fourth-order valence-corrected chi connectivity index (χ4v) is 4.96. The van der Waals surface area contributed by atoms with E-state index in [0.717, 1.165) is 35.1 Å². The number of aromatic nitrogens is 1. The fourth-order valence-electron chi connectivity index (χ4n) is 3.74. The molecule has 0 fully saturated rings. The van der Waals surface area contributed by atoms with E-state index in [9.17, 15) is 0 Å². The van der Waals surface area contributed by atoms with Crippen molar-refractivity contribution in [1.82, 2.24) is 9.99 Å². The number of rotatable bonds is 5. The van der Waals surface area contributed by atoms with Crippen molar-refractivity contribution in [2.75, 3.05) is 0 Å². The molecule has 0 saturated carbocycles. The minimum atomic E-state index is 0.152. The highest BCUT2D eigenvalue weighted by molar-refractivity contribution is 7.12. The molecule has 0 amide bonds. The Morgan fingerprint density at radius 1 is 1.28 bits per heavy atom. The molecule has 134 valence electrons. The molecule has 2 aliphatic rings. The molecule has 0 saturated heterocycles. The number of aliphatic imine (C=N–C) groups is 1. The third-order valence-corrected chi connectivity index (χ3v) is 6.20. The number of hydrogen-bond donors (Lipinski definition) is 0. The van der Waals surface area contributed by atoms with Gasteiger partial charge in [0.15, 0.2) is 0 Å². The van der Waals surface area contributed by atoms with E-state index in [0.29, 0.717) is 5.92 Å². The monoisotopic (exact) mass is 356 g/mol. The summed E-state index contributed by atoms with van der Waals surface area (Å²) in [5.74, 6) is 1.61. The van der Waals surface area contributed by atoms with E-state index >= 15 is 0 Å². The Bertz CT molecular complexity index is 765. The Balaban J connectivity index is 2.01. The topological polar surface area (TPSA) is 40.9 Å². The van der Waals surface area contributed by atoms with E-state index in [2.05, 4.69) is 51.8 Å². The maximum atomic E-state index is 5.03. The zero-order valence-corrected chi connectivity index (χ0v) is 16.9. The summed E-state index contributed by atoms with van der Waals surface area (Å²) in [6, 6.07) is 0.333. The van der Waals surface area contributed by atoms with Crippen LogP contribution in [0.5, 0.6) is 0 Å². The molecule has 4 nitrogen and oxygen atoms in total. The minimum Gasteiger partial charge on any atom is -0.261 e. The standard InChI is InChI=1S/C20H28N4S/c1-7-10-17-21-14(6)19(25-17)18-13(5)22-20-16(15(8-2)9-3)11-12(4)23-24(18)20/h7,10-11,13,15,18H,8-9H2,1-6H3/b10-7+. The van der Waals surface area contributed by atoms with Crippen LogP contribution in [0.4, 0.5) is 0 Å². The Labute approximate surface area is 155 Å². The van der Waals surface area contributed by atoms with E-state index in [1.54, 1.807) is 11.3 Å². The van der Waals surface area contributed by atoms with Gasteiger partial charge >= 0.3 is 0 Å². The van der Waals surface area contributed by atoms with Crippen LogP contribution >= 0.6 is 11.3 Å². The van der Waals surface area contributed by atoms with Gasteiger partial charge in [0.05, 0.1) is 22.3 Å². The number of fused-ring (bicyclic) bond motifs is 1. The summed E-state index contributed by atoms with van der Waals surface area (Å²) in [7, 11) is 0. The molecule has 25 heavy (non-hydrogen) atoms. The molecular weight excluding hydrogens is 328 g/mol. The summed E-state index contributed by atoms with van der Waals surface area (Å²) in [5.41, 5.74) is 3.51. The number of aryl methyl sites for hydroxylation is 1. The van der Waals surface area contributed by atoms with Crippen molar-refractivity contribution in [3.05, 3.63) is 33.3 Å². The lowest BCUT2D eigenvalue weighted by Gasteiger charge is -2.30. The van der Waals surface area contributed by atoms with Crippen molar-refractivity contribution in [3.63, 3.8) is 0 Å². The zero-order valence-electron chi connectivity index (χ0n) is 16.1. The molecule has 0 radical (unpaired) electrons. The largest absolute Gasteiger partial charge is 0.261 e. The fraction of sp³-hybridized carbons (Fsp3) is 0.550. The van der Waals surface area contributed by atoms with Gasteiger partial charge in [0.1, 0.15) is 16.9 Å². The lowest BCUT2D eigenvalue weighted by molar-refractivity contribution is 0.330. The van der Waals surface area contributed by atoms with Crippen LogP contribution in [-0.4, -0.2) is 27.6 Å². The Kier molecular flexibility index (Phi) is 5.23.